The smallest absolute Gasteiger partial charge is 0.276 e. The molecule has 1 unspecified atom stereocenters. The molecule has 0 aromatic carbocycles. The molecule has 27 heavy (non-hydrogen) atoms. The number of carbonyl (C=O) groups excluding carboxylic acids is 1. The molecule has 3 aromatic heterocycles. The fourth-order valence-corrected chi connectivity index (χ4v) is 3.65. The van der Waals surface area contributed by atoms with Crippen molar-refractivity contribution in [2.24, 2.45) is 0 Å². The first-order chi connectivity index (χ1) is 13.2. The predicted molar refractivity (Wildman–Crippen MR) is 98.7 cm³/mol. The van der Waals surface area contributed by atoms with Crippen LogP contribution in [0.1, 0.15) is 40.9 Å². The normalized spacial score (nSPS) is 17.1. The maximum absolute atomic E-state index is 13.1. The first-order valence-electron chi connectivity index (χ1n) is 8.57. The van der Waals surface area contributed by atoms with Crippen molar-refractivity contribution < 1.29 is 9.18 Å². The van der Waals surface area contributed by atoms with Gasteiger partial charge in [0.1, 0.15) is 17.3 Å². The van der Waals surface area contributed by atoms with Gasteiger partial charge in [-0.15, -0.1) is 11.3 Å². The lowest BCUT2D eigenvalue weighted by molar-refractivity contribution is 0.102. The molecular weight excluding hydrogens is 367 g/mol. The minimum absolute atomic E-state index is 0.00414. The summed E-state index contributed by atoms with van der Waals surface area (Å²) in [6.45, 7) is 1.46. The molecule has 1 saturated heterocycles. The van der Waals surface area contributed by atoms with Gasteiger partial charge < -0.3 is 0 Å². The van der Waals surface area contributed by atoms with Gasteiger partial charge in [0.25, 0.3) is 5.91 Å². The van der Waals surface area contributed by atoms with Crippen molar-refractivity contribution >= 4 is 22.4 Å². The van der Waals surface area contributed by atoms with E-state index in [1.807, 2.05) is 0 Å². The zero-order valence-corrected chi connectivity index (χ0v) is 15.2. The Morgan fingerprint density at radius 1 is 1.26 bits per heavy atom. The molecule has 4 rings (SSSR count). The summed E-state index contributed by atoms with van der Waals surface area (Å²) in [5.74, 6) is -0.0428. The van der Waals surface area contributed by atoms with Gasteiger partial charge in [0.2, 0.25) is 0 Å². The van der Waals surface area contributed by atoms with Gasteiger partial charge >= 0.3 is 0 Å². The maximum Gasteiger partial charge on any atom is 0.276 e. The van der Waals surface area contributed by atoms with Crippen molar-refractivity contribution in [3.8, 4) is 0 Å². The highest BCUT2D eigenvalue weighted by Crippen LogP contribution is 2.31. The average Bonchev–Trinajstić information content (AvgIpc) is 3.36. The number of amides is 1. The van der Waals surface area contributed by atoms with Crippen LogP contribution < -0.4 is 5.32 Å². The van der Waals surface area contributed by atoms with Gasteiger partial charge in [0, 0.05) is 24.3 Å². The molecular formula is C18H17FN6OS. The SMILES string of the molecule is O=C(Nc1nccs1)c1ccnc(C2CCCN2Cc2ccc(F)cn2)n1. The Labute approximate surface area is 159 Å². The van der Waals surface area contributed by atoms with Crippen molar-refractivity contribution in [2.45, 2.75) is 25.4 Å². The number of aromatic nitrogens is 4. The summed E-state index contributed by atoms with van der Waals surface area (Å²) >= 11 is 1.35. The molecule has 7 nitrogen and oxygen atoms in total. The number of rotatable bonds is 5. The minimum atomic E-state index is -0.348. The Morgan fingerprint density at radius 2 is 2.19 bits per heavy atom. The summed E-state index contributed by atoms with van der Waals surface area (Å²) in [6, 6.07) is 4.69. The fourth-order valence-electron chi connectivity index (χ4n) is 3.12. The van der Waals surface area contributed by atoms with Crippen LogP contribution in [-0.2, 0) is 6.54 Å². The van der Waals surface area contributed by atoms with Crippen molar-refractivity contribution in [3.63, 3.8) is 0 Å². The standard InChI is InChI=1S/C18H17FN6OS/c19-12-3-4-13(22-10-12)11-25-8-1-2-15(25)16-20-6-5-14(23-16)17(26)24-18-21-7-9-27-18/h3-7,9-10,15H,1-2,8,11H2,(H,21,24,26). The molecule has 0 bridgehead atoms. The van der Waals surface area contributed by atoms with E-state index in [2.05, 4.69) is 30.2 Å². The quantitative estimate of drug-likeness (QED) is 0.728. The van der Waals surface area contributed by atoms with Crippen LogP contribution in [-0.4, -0.2) is 37.3 Å². The minimum Gasteiger partial charge on any atom is -0.296 e. The van der Waals surface area contributed by atoms with E-state index in [-0.39, 0.29) is 17.8 Å². The molecule has 0 aliphatic carbocycles. The number of nitrogens with one attached hydrogen (secondary N) is 1. The summed E-state index contributed by atoms with van der Waals surface area (Å²) in [4.78, 5) is 31.6. The largest absolute Gasteiger partial charge is 0.296 e. The topological polar surface area (TPSA) is 83.9 Å². The lowest BCUT2D eigenvalue weighted by Gasteiger charge is -2.23. The highest BCUT2D eigenvalue weighted by atomic mass is 32.1. The number of hydrogen-bond donors (Lipinski definition) is 1. The van der Waals surface area contributed by atoms with Crippen molar-refractivity contribution in [1.82, 2.24) is 24.8 Å². The second kappa shape index (κ2) is 7.85. The van der Waals surface area contributed by atoms with Crippen molar-refractivity contribution in [1.29, 1.82) is 0 Å². The van der Waals surface area contributed by atoms with E-state index in [0.717, 1.165) is 25.1 Å². The van der Waals surface area contributed by atoms with Gasteiger partial charge in [0.05, 0.1) is 17.9 Å². The van der Waals surface area contributed by atoms with Gasteiger partial charge in [-0.1, -0.05) is 0 Å². The van der Waals surface area contributed by atoms with E-state index in [1.54, 1.807) is 29.9 Å². The molecule has 0 spiro atoms. The summed E-state index contributed by atoms with van der Waals surface area (Å²) in [6.07, 6.45) is 6.36. The molecule has 9 heteroatoms. The number of halogens is 1. The molecule has 0 saturated carbocycles. The Morgan fingerprint density at radius 3 is 2.96 bits per heavy atom. The fraction of sp³-hybridized carbons (Fsp3) is 0.278. The maximum atomic E-state index is 13.1. The number of hydrogen-bond acceptors (Lipinski definition) is 7. The number of pyridine rings is 1. The lowest BCUT2D eigenvalue weighted by atomic mass is 10.2. The van der Waals surface area contributed by atoms with Crippen molar-refractivity contribution in [2.75, 3.05) is 11.9 Å². The average molecular weight is 384 g/mol. The van der Waals surface area contributed by atoms with E-state index >= 15 is 0 Å². The molecule has 4 heterocycles. The van der Waals surface area contributed by atoms with Gasteiger partial charge in [-0.3, -0.25) is 20.0 Å². The van der Waals surface area contributed by atoms with Gasteiger partial charge in [-0.25, -0.2) is 19.3 Å². The van der Waals surface area contributed by atoms with Gasteiger partial charge in [-0.2, -0.15) is 0 Å². The highest BCUT2D eigenvalue weighted by Gasteiger charge is 2.29. The molecule has 138 valence electrons. The van der Waals surface area contributed by atoms with E-state index < -0.39 is 0 Å². The molecule has 1 aliphatic rings. The predicted octanol–water partition coefficient (Wildman–Crippen LogP) is 3.06. The Balaban J connectivity index is 1.50. The zero-order chi connectivity index (χ0) is 18.6. The van der Waals surface area contributed by atoms with Crippen LogP contribution in [0.3, 0.4) is 0 Å². The Kier molecular flexibility index (Phi) is 5.12. The number of nitrogens with zero attached hydrogens (tertiary/aromatic N) is 5. The van der Waals surface area contributed by atoms with Crippen molar-refractivity contribution in [3.05, 3.63) is 65.2 Å². The summed E-state index contributed by atoms with van der Waals surface area (Å²) in [5.41, 5.74) is 1.10. The van der Waals surface area contributed by atoms with Crippen LogP contribution in [0.15, 0.2) is 42.2 Å². The van der Waals surface area contributed by atoms with Gasteiger partial charge in [-0.05, 0) is 37.6 Å². The number of thiazole rings is 1. The number of likely N-dealkylation sites (tertiary alicyclic amines) is 1. The third-order valence-electron chi connectivity index (χ3n) is 4.38. The van der Waals surface area contributed by atoms with Gasteiger partial charge in [0.15, 0.2) is 5.13 Å². The molecule has 1 fully saturated rings. The second-order valence-corrected chi connectivity index (χ2v) is 7.08. The first-order valence-corrected chi connectivity index (χ1v) is 9.45. The molecule has 1 atom stereocenters. The molecule has 1 amide bonds. The first kappa shape index (κ1) is 17.6. The molecule has 1 aliphatic heterocycles. The monoisotopic (exact) mass is 384 g/mol. The third kappa shape index (κ3) is 4.15. The number of carbonyl (C=O) groups is 1. The van der Waals surface area contributed by atoms with Crippen LogP contribution in [0.5, 0.6) is 0 Å². The van der Waals surface area contributed by atoms with Crippen LogP contribution in [0.25, 0.3) is 0 Å². The molecule has 3 aromatic rings. The second-order valence-electron chi connectivity index (χ2n) is 6.19. The van der Waals surface area contributed by atoms with E-state index in [9.17, 15) is 9.18 Å². The lowest BCUT2D eigenvalue weighted by Crippen LogP contribution is -2.25. The summed E-state index contributed by atoms with van der Waals surface area (Å²) in [5, 5.41) is 5.06. The zero-order valence-electron chi connectivity index (χ0n) is 14.4. The van der Waals surface area contributed by atoms with E-state index in [0.29, 0.717) is 23.2 Å². The van der Waals surface area contributed by atoms with E-state index in [1.165, 1.54) is 23.6 Å². The highest BCUT2D eigenvalue weighted by molar-refractivity contribution is 7.13. The third-order valence-corrected chi connectivity index (χ3v) is 5.06. The summed E-state index contributed by atoms with van der Waals surface area (Å²) in [7, 11) is 0. The van der Waals surface area contributed by atoms with Crippen LogP contribution >= 0.6 is 11.3 Å². The molecule has 0 radical (unpaired) electrons. The Hall–Kier alpha value is -2.78. The number of anilines is 1. The molecule has 1 N–H and O–H groups in total. The Bertz CT molecular complexity index is 918. The van der Waals surface area contributed by atoms with Crippen LogP contribution in [0.2, 0.25) is 0 Å². The van der Waals surface area contributed by atoms with Crippen LogP contribution in [0, 0.1) is 5.82 Å². The van der Waals surface area contributed by atoms with E-state index in [4.69, 9.17) is 0 Å². The summed E-state index contributed by atoms with van der Waals surface area (Å²) < 4.78 is 13.1. The van der Waals surface area contributed by atoms with Crippen LogP contribution in [0.4, 0.5) is 9.52 Å².